The molecule has 40 heavy (non-hydrogen) atoms. The van der Waals surface area contributed by atoms with Gasteiger partial charge in [0.15, 0.2) is 0 Å². The van der Waals surface area contributed by atoms with Crippen molar-refractivity contribution in [1.29, 1.82) is 0 Å². The molecule has 0 spiro atoms. The second-order valence-corrected chi connectivity index (χ2v) is 8.96. The zero-order chi connectivity index (χ0) is 28.7. The summed E-state index contributed by atoms with van der Waals surface area (Å²) < 4.78 is 31.7. The molecule has 4 N–H and O–H groups in total. The molecule has 0 saturated heterocycles. The van der Waals surface area contributed by atoms with E-state index < -0.39 is 12.1 Å². The van der Waals surface area contributed by atoms with Gasteiger partial charge in [0.2, 0.25) is 5.91 Å². The minimum absolute atomic E-state index is 0.0789. The average Bonchev–Trinajstić information content (AvgIpc) is 3.32. The number of aliphatic carboxylic acids is 1. The number of aromatic amines is 1. The number of H-pyrrole nitrogens is 1. The maximum absolute atomic E-state index is 12.8. The van der Waals surface area contributed by atoms with Crippen LogP contribution in [0.3, 0.4) is 0 Å². The lowest BCUT2D eigenvalue weighted by atomic mass is 10.0. The third-order valence-electron chi connectivity index (χ3n) is 5.65. The number of nitrogens with zero attached hydrogens (tertiary/aromatic N) is 1. The molecule has 7 nitrogen and oxygen atoms in total. The standard InChI is InChI=1S/C27H21ClN4O.C2HF3O2/c28-20-6-3-5-18(13-20)24-15-21(10-11-26(24)31-22-7-4-12-29-17-22)32-27(33)14-19-16-30-25-9-2-1-8-23(19)25;3-2(4,5)1(6)7/h1-13,15-17,30-31H,14H2,(H,32,33);(H,6,7). The van der Waals surface area contributed by atoms with E-state index >= 15 is 0 Å². The maximum Gasteiger partial charge on any atom is 0.490 e. The number of carbonyl (C=O) groups excluding carboxylic acids is 1. The summed E-state index contributed by atoms with van der Waals surface area (Å²) in [6.45, 7) is 0. The molecule has 5 rings (SSSR count). The van der Waals surface area contributed by atoms with E-state index in [1.165, 1.54) is 0 Å². The number of amides is 1. The van der Waals surface area contributed by atoms with Crippen molar-refractivity contribution < 1.29 is 27.9 Å². The van der Waals surface area contributed by atoms with Crippen molar-refractivity contribution in [3.05, 3.63) is 108 Å². The fourth-order valence-electron chi connectivity index (χ4n) is 3.87. The van der Waals surface area contributed by atoms with Gasteiger partial charge in [-0.1, -0.05) is 41.9 Å². The van der Waals surface area contributed by atoms with Crippen molar-refractivity contribution in [3.8, 4) is 11.1 Å². The van der Waals surface area contributed by atoms with Crippen LogP contribution in [0.1, 0.15) is 5.56 Å². The van der Waals surface area contributed by atoms with Gasteiger partial charge in [-0.3, -0.25) is 9.78 Å². The fraction of sp³-hybridized carbons (Fsp3) is 0.0690. The lowest BCUT2D eigenvalue weighted by Gasteiger charge is -2.15. The largest absolute Gasteiger partial charge is 0.490 e. The molecule has 0 bridgehead atoms. The minimum Gasteiger partial charge on any atom is -0.475 e. The van der Waals surface area contributed by atoms with E-state index in [2.05, 4.69) is 20.6 Å². The molecule has 11 heteroatoms. The van der Waals surface area contributed by atoms with Crippen molar-refractivity contribution in [3.63, 3.8) is 0 Å². The summed E-state index contributed by atoms with van der Waals surface area (Å²) in [5.74, 6) is -2.84. The highest BCUT2D eigenvalue weighted by Gasteiger charge is 2.38. The third kappa shape index (κ3) is 7.39. The van der Waals surface area contributed by atoms with Gasteiger partial charge in [0.05, 0.1) is 18.3 Å². The normalized spacial score (nSPS) is 10.9. The predicted molar refractivity (Wildman–Crippen MR) is 149 cm³/mol. The number of carbonyl (C=O) groups is 2. The van der Waals surface area contributed by atoms with Gasteiger partial charge in [0.1, 0.15) is 0 Å². The Morgan fingerprint density at radius 2 is 1.73 bits per heavy atom. The SMILES string of the molecule is O=C(Cc1c[nH]c2ccccc12)Nc1ccc(Nc2cccnc2)c(-c2cccc(Cl)c2)c1.O=C(O)C(F)(F)F. The van der Waals surface area contributed by atoms with E-state index in [0.717, 1.165) is 39.0 Å². The smallest absolute Gasteiger partial charge is 0.475 e. The summed E-state index contributed by atoms with van der Waals surface area (Å²) in [7, 11) is 0. The summed E-state index contributed by atoms with van der Waals surface area (Å²) in [4.78, 5) is 29.1. The van der Waals surface area contributed by atoms with Crippen LogP contribution in [0.5, 0.6) is 0 Å². The Kier molecular flexibility index (Phi) is 8.70. The van der Waals surface area contributed by atoms with Gasteiger partial charge in [-0.25, -0.2) is 4.79 Å². The molecule has 0 aliphatic rings. The van der Waals surface area contributed by atoms with E-state index in [-0.39, 0.29) is 12.3 Å². The number of hydrogen-bond acceptors (Lipinski definition) is 4. The summed E-state index contributed by atoms with van der Waals surface area (Å²) in [5, 5.41) is 15.3. The van der Waals surface area contributed by atoms with Crippen LogP contribution in [0.15, 0.2) is 97.5 Å². The number of pyridine rings is 1. The monoisotopic (exact) mass is 566 g/mol. The Labute approximate surface area is 231 Å². The van der Waals surface area contributed by atoms with E-state index in [0.29, 0.717) is 10.7 Å². The Morgan fingerprint density at radius 3 is 2.42 bits per heavy atom. The van der Waals surface area contributed by atoms with Crippen molar-refractivity contribution in [2.24, 2.45) is 0 Å². The number of carboxylic acid groups (broad SMARTS) is 1. The van der Waals surface area contributed by atoms with Crippen LogP contribution in [-0.4, -0.2) is 33.1 Å². The molecular weight excluding hydrogens is 545 g/mol. The molecule has 0 aliphatic heterocycles. The summed E-state index contributed by atoms with van der Waals surface area (Å²) in [6.07, 6.45) is 0.586. The first-order valence-corrected chi connectivity index (χ1v) is 12.2. The number of alkyl halides is 3. The zero-order valence-electron chi connectivity index (χ0n) is 20.7. The van der Waals surface area contributed by atoms with Crippen LogP contribution < -0.4 is 10.6 Å². The van der Waals surface area contributed by atoms with Crippen LogP contribution >= 0.6 is 11.6 Å². The Balaban J connectivity index is 0.000000470. The predicted octanol–water partition coefficient (Wildman–Crippen LogP) is 7.44. The Hall–Kier alpha value is -4.83. The van der Waals surface area contributed by atoms with Gasteiger partial charge in [0, 0.05) is 45.3 Å². The molecule has 0 atom stereocenters. The van der Waals surface area contributed by atoms with Gasteiger partial charge in [0.25, 0.3) is 0 Å². The molecule has 0 fully saturated rings. The number of aromatic nitrogens is 2. The number of anilines is 3. The number of rotatable bonds is 6. The van der Waals surface area contributed by atoms with Crippen molar-refractivity contribution in [2.45, 2.75) is 12.6 Å². The quantitative estimate of drug-likeness (QED) is 0.171. The van der Waals surface area contributed by atoms with E-state index in [1.54, 1.807) is 12.4 Å². The average molecular weight is 567 g/mol. The fourth-order valence-corrected chi connectivity index (χ4v) is 4.06. The van der Waals surface area contributed by atoms with Crippen LogP contribution in [0.2, 0.25) is 5.02 Å². The number of para-hydroxylation sites is 1. The van der Waals surface area contributed by atoms with Gasteiger partial charge in [-0.05, 0) is 59.7 Å². The molecule has 204 valence electrons. The van der Waals surface area contributed by atoms with Crippen molar-refractivity contribution in [2.75, 3.05) is 10.6 Å². The number of benzene rings is 3. The highest BCUT2D eigenvalue weighted by atomic mass is 35.5. The van der Waals surface area contributed by atoms with Crippen LogP contribution in [-0.2, 0) is 16.0 Å². The molecule has 5 aromatic rings. The molecule has 3 aromatic carbocycles. The van der Waals surface area contributed by atoms with Gasteiger partial charge < -0.3 is 20.7 Å². The number of carboxylic acids is 1. The first-order chi connectivity index (χ1) is 19.1. The highest BCUT2D eigenvalue weighted by molar-refractivity contribution is 6.30. The van der Waals surface area contributed by atoms with E-state index in [1.807, 2.05) is 85.1 Å². The van der Waals surface area contributed by atoms with Gasteiger partial charge in [-0.15, -0.1) is 0 Å². The molecule has 0 radical (unpaired) electrons. The molecule has 0 aliphatic carbocycles. The molecule has 1 amide bonds. The Bertz CT molecular complexity index is 1640. The number of halogens is 4. The second-order valence-electron chi connectivity index (χ2n) is 8.52. The highest BCUT2D eigenvalue weighted by Crippen LogP contribution is 2.34. The van der Waals surface area contributed by atoms with Crippen LogP contribution in [0.4, 0.5) is 30.2 Å². The maximum atomic E-state index is 12.8. The van der Waals surface area contributed by atoms with Crippen molar-refractivity contribution in [1.82, 2.24) is 9.97 Å². The minimum atomic E-state index is -5.08. The summed E-state index contributed by atoms with van der Waals surface area (Å²) in [6, 6.07) is 25.2. The molecule has 0 unspecified atom stereocenters. The topological polar surface area (TPSA) is 107 Å². The van der Waals surface area contributed by atoms with Crippen molar-refractivity contribution >= 4 is 51.4 Å². The second kappa shape index (κ2) is 12.4. The van der Waals surface area contributed by atoms with Crippen LogP contribution in [0, 0.1) is 0 Å². The van der Waals surface area contributed by atoms with E-state index in [9.17, 15) is 18.0 Å². The number of hydrogen-bond donors (Lipinski definition) is 4. The molecule has 0 saturated carbocycles. The van der Waals surface area contributed by atoms with Crippen LogP contribution in [0.25, 0.3) is 22.0 Å². The lowest BCUT2D eigenvalue weighted by molar-refractivity contribution is -0.192. The summed E-state index contributed by atoms with van der Waals surface area (Å²) >= 11 is 6.26. The first kappa shape index (κ1) is 28.2. The molecule has 2 heterocycles. The first-order valence-electron chi connectivity index (χ1n) is 11.8. The third-order valence-corrected chi connectivity index (χ3v) is 5.88. The molecular formula is C29H22ClF3N4O3. The summed E-state index contributed by atoms with van der Waals surface area (Å²) in [5.41, 5.74) is 6.33. The molecule has 2 aromatic heterocycles. The number of nitrogens with one attached hydrogen (secondary N) is 3. The number of fused-ring (bicyclic) bond motifs is 1. The lowest BCUT2D eigenvalue weighted by Crippen LogP contribution is -2.21. The zero-order valence-corrected chi connectivity index (χ0v) is 21.4. The Morgan fingerprint density at radius 1 is 0.950 bits per heavy atom. The van der Waals surface area contributed by atoms with Gasteiger partial charge >= 0.3 is 12.1 Å². The van der Waals surface area contributed by atoms with Gasteiger partial charge in [-0.2, -0.15) is 13.2 Å². The van der Waals surface area contributed by atoms with E-state index in [4.69, 9.17) is 21.5 Å².